The van der Waals surface area contributed by atoms with Gasteiger partial charge in [0.25, 0.3) is 0 Å². The lowest BCUT2D eigenvalue weighted by atomic mass is 9.85. The van der Waals surface area contributed by atoms with Crippen LogP contribution in [0.5, 0.6) is 11.5 Å². The third-order valence-electron chi connectivity index (χ3n) is 10.0. The molecule has 0 bridgehead atoms. The van der Waals surface area contributed by atoms with Crippen LogP contribution in [0.2, 0.25) is 5.02 Å². The summed E-state index contributed by atoms with van der Waals surface area (Å²) >= 11 is 6.29. The second kappa shape index (κ2) is 18.4. The average Bonchev–Trinajstić information content (AvgIpc) is 3.13. The molecule has 1 aliphatic heterocycles. The normalized spacial score (nSPS) is 18.5. The van der Waals surface area contributed by atoms with Crippen molar-refractivity contribution in [2.45, 2.75) is 90.5 Å². The zero-order valence-corrected chi connectivity index (χ0v) is 34.2. The largest absolute Gasteiger partial charge is 0.493 e. The molecule has 298 valence electrons. The lowest BCUT2D eigenvalue weighted by Crippen LogP contribution is -2.46. The van der Waals surface area contributed by atoms with Crippen LogP contribution in [0.4, 0.5) is 16.3 Å². The number of rotatable bonds is 14. The van der Waals surface area contributed by atoms with Crippen LogP contribution in [-0.4, -0.2) is 93.0 Å². The van der Waals surface area contributed by atoms with Crippen molar-refractivity contribution in [3.05, 3.63) is 76.4 Å². The number of carbonyl (C=O) groups excluding carboxylic acids is 3. The number of benzene rings is 2. The van der Waals surface area contributed by atoms with E-state index in [-0.39, 0.29) is 37.0 Å². The minimum atomic E-state index is -0.581. The summed E-state index contributed by atoms with van der Waals surface area (Å²) in [4.78, 5) is 49.4. The highest BCUT2D eigenvalue weighted by atomic mass is 35.5. The van der Waals surface area contributed by atoms with Crippen LogP contribution >= 0.6 is 11.6 Å². The molecule has 1 fully saturated rings. The molecule has 1 aromatic heterocycles. The summed E-state index contributed by atoms with van der Waals surface area (Å²) in [6, 6.07) is 15.2. The number of amides is 2. The van der Waals surface area contributed by atoms with Gasteiger partial charge in [0.15, 0.2) is 11.5 Å². The van der Waals surface area contributed by atoms with Gasteiger partial charge in [0.05, 0.1) is 51.2 Å². The van der Waals surface area contributed by atoms with Gasteiger partial charge in [-0.15, -0.1) is 0 Å². The molecular weight excluding hydrogens is 722 g/mol. The number of hydrogen-bond acceptors (Lipinski definition) is 10. The van der Waals surface area contributed by atoms with Gasteiger partial charge < -0.3 is 29.2 Å². The second-order valence-corrected chi connectivity index (χ2v) is 16.1. The van der Waals surface area contributed by atoms with E-state index in [1.165, 1.54) is 7.11 Å². The van der Waals surface area contributed by atoms with Crippen LogP contribution in [0, 0.1) is 5.92 Å². The molecule has 1 atom stereocenters. The topological polar surface area (TPSA) is 123 Å². The van der Waals surface area contributed by atoms with Crippen molar-refractivity contribution in [1.29, 1.82) is 0 Å². The van der Waals surface area contributed by atoms with E-state index in [0.717, 1.165) is 54.7 Å². The molecule has 1 aliphatic carbocycles. The van der Waals surface area contributed by atoms with E-state index in [4.69, 9.17) is 35.5 Å². The number of nitrogens with one attached hydrogen (secondary N) is 1. The Morgan fingerprint density at radius 3 is 2.33 bits per heavy atom. The number of nitrogens with zero attached hydrogens (tertiary/aromatic N) is 4. The molecule has 0 spiro atoms. The predicted octanol–water partition coefficient (Wildman–Crippen LogP) is 7.20. The summed E-state index contributed by atoms with van der Waals surface area (Å²) in [7, 11) is 5.04. The third-order valence-corrected chi connectivity index (χ3v) is 10.3. The highest BCUT2D eigenvalue weighted by Gasteiger charge is 2.36. The van der Waals surface area contributed by atoms with Crippen LogP contribution < -0.4 is 24.6 Å². The summed E-state index contributed by atoms with van der Waals surface area (Å²) in [6.07, 6.45) is 5.28. The van der Waals surface area contributed by atoms with Crippen molar-refractivity contribution in [3.63, 3.8) is 0 Å². The Kier molecular flexibility index (Phi) is 13.9. The van der Waals surface area contributed by atoms with Crippen LogP contribution in [0.25, 0.3) is 0 Å². The number of carbonyl (C=O) groups is 3. The van der Waals surface area contributed by atoms with E-state index in [9.17, 15) is 14.4 Å². The lowest BCUT2D eigenvalue weighted by molar-refractivity contribution is -0.142. The van der Waals surface area contributed by atoms with Gasteiger partial charge in [0, 0.05) is 37.7 Å². The molecule has 0 unspecified atom stereocenters. The summed E-state index contributed by atoms with van der Waals surface area (Å²) < 4.78 is 22.1. The molecule has 2 amide bonds. The van der Waals surface area contributed by atoms with Crippen LogP contribution in [-0.2, 0) is 25.5 Å². The molecule has 0 radical (unpaired) electrons. The summed E-state index contributed by atoms with van der Waals surface area (Å²) in [5.74, 6) is 2.13. The molecule has 2 aliphatic rings. The number of methoxy groups -OCH3 is 2. The van der Waals surface area contributed by atoms with Crippen LogP contribution in [0.1, 0.15) is 83.0 Å². The van der Waals surface area contributed by atoms with E-state index in [0.29, 0.717) is 41.2 Å². The molecule has 13 heteroatoms. The Labute approximate surface area is 330 Å². The van der Waals surface area contributed by atoms with Gasteiger partial charge in [0.2, 0.25) is 5.91 Å². The standard InChI is InChI=1S/C42H56ClN5O7/c1-27(2)54-36-23-34-30(21-35(36)52-7)22-38(49)48(40(34)29-11-13-31(43)14-12-29)33-17-18-37(45-24-33)46(6)25-28-9-15-32(16-10-28)47(26-39(50)53-8)20-19-44-41(51)55-42(3,4)5/h11-14,17-18,21,23-24,27-28,32,40H,9-10,15-16,19-20,22,25-26H2,1-8H3,(H,44,51)/t28?,32?,40-/m0/s1. The smallest absolute Gasteiger partial charge is 0.407 e. The number of ether oxygens (including phenoxy) is 4. The maximum absolute atomic E-state index is 14.0. The van der Waals surface area contributed by atoms with Crippen molar-refractivity contribution in [2.75, 3.05) is 57.2 Å². The Bertz CT molecular complexity index is 1770. The SMILES string of the molecule is COC(=O)CN(CCNC(=O)OC(C)(C)C)C1CCC(CN(C)c2ccc(N3C(=O)Cc4cc(OC)c(OC(C)C)cc4[C@@H]3c3ccc(Cl)cc3)cn2)CC1. The zero-order valence-electron chi connectivity index (χ0n) is 33.4. The molecule has 55 heavy (non-hydrogen) atoms. The maximum atomic E-state index is 14.0. The Morgan fingerprint density at radius 2 is 1.73 bits per heavy atom. The Balaban J connectivity index is 1.26. The van der Waals surface area contributed by atoms with E-state index in [1.54, 1.807) is 13.3 Å². The van der Waals surface area contributed by atoms with Gasteiger partial charge in [-0.25, -0.2) is 9.78 Å². The van der Waals surface area contributed by atoms with Crippen molar-refractivity contribution in [3.8, 4) is 11.5 Å². The molecule has 3 aromatic rings. The number of aromatic nitrogens is 1. The highest BCUT2D eigenvalue weighted by molar-refractivity contribution is 6.30. The molecular formula is C42H56ClN5O7. The predicted molar refractivity (Wildman–Crippen MR) is 214 cm³/mol. The number of pyridine rings is 1. The van der Waals surface area contributed by atoms with Gasteiger partial charge in [-0.1, -0.05) is 23.7 Å². The zero-order chi connectivity index (χ0) is 39.9. The van der Waals surface area contributed by atoms with Gasteiger partial charge in [-0.05, 0) is 119 Å². The van der Waals surface area contributed by atoms with E-state index >= 15 is 0 Å². The number of fused-ring (bicyclic) bond motifs is 1. The van der Waals surface area contributed by atoms with Crippen molar-refractivity contribution in [2.24, 2.45) is 5.92 Å². The van der Waals surface area contributed by atoms with Crippen molar-refractivity contribution >= 4 is 41.1 Å². The number of esters is 1. The number of hydrogen-bond donors (Lipinski definition) is 1. The Morgan fingerprint density at radius 1 is 1.02 bits per heavy atom. The minimum Gasteiger partial charge on any atom is -0.493 e. The molecule has 0 saturated heterocycles. The van der Waals surface area contributed by atoms with Crippen LogP contribution in [0.3, 0.4) is 0 Å². The number of anilines is 2. The first-order valence-corrected chi connectivity index (χ1v) is 19.4. The maximum Gasteiger partial charge on any atom is 0.407 e. The summed E-state index contributed by atoms with van der Waals surface area (Å²) in [5, 5.41) is 3.42. The minimum absolute atomic E-state index is 0.0476. The van der Waals surface area contributed by atoms with Gasteiger partial charge >= 0.3 is 12.1 Å². The molecule has 2 aromatic carbocycles. The van der Waals surface area contributed by atoms with Gasteiger partial charge in [-0.3, -0.25) is 19.4 Å². The first kappa shape index (κ1) is 41.6. The number of halogens is 1. The first-order chi connectivity index (χ1) is 26.1. The summed E-state index contributed by atoms with van der Waals surface area (Å²) in [6.45, 7) is 11.3. The molecule has 1 saturated carbocycles. The fourth-order valence-electron chi connectivity index (χ4n) is 7.49. The second-order valence-electron chi connectivity index (χ2n) is 15.7. The van der Waals surface area contributed by atoms with Gasteiger partial charge in [-0.2, -0.15) is 0 Å². The molecule has 2 heterocycles. The quantitative estimate of drug-likeness (QED) is 0.168. The van der Waals surface area contributed by atoms with Crippen molar-refractivity contribution < 1.29 is 33.3 Å². The van der Waals surface area contributed by atoms with Crippen LogP contribution in [0.15, 0.2) is 54.7 Å². The fraction of sp³-hybridized carbons (Fsp3) is 0.524. The first-order valence-electron chi connectivity index (χ1n) is 19.1. The fourth-order valence-corrected chi connectivity index (χ4v) is 7.61. The number of alkyl carbamates (subject to hydrolysis) is 1. The Hall–Kier alpha value is -4.55. The van der Waals surface area contributed by atoms with Crippen molar-refractivity contribution in [1.82, 2.24) is 15.2 Å². The summed E-state index contributed by atoms with van der Waals surface area (Å²) in [5.41, 5.74) is 2.88. The van der Waals surface area contributed by atoms with E-state index in [2.05, 4.69) is 15.1 Å². The average molecular weight is 778 g/mol. The molecule has 12 nitrogen and oxygen atoms in total. The third kappa shape index (κ3) is 11.0. The lowest BCUT2D eigenvalue weighted by Gasteiger charge is -2.38. The molecule has 1 N–H and O–H groups in total. The monoisotopic (exact) mass is 777 g/mol. The van der Waals surface area contributed by atoms with Gasteiger partial charge in [0.1, 0.15) is 11.4 Å². The molecule has 5 rings (SSSR count). The van der Waals surface area contributed by atoms with E-state index < -0.39 is 17.7 Å². The van der Waals surface area contributed by atoms with E-state index in [1.807, 2.05) is 95.1 Å². The highest BCUT2D eigenvalue weighted by Crippen LogP contribution is 2.44.